The van der Waals surface area contributed by atoms with Gasteiger partial charge in [0.15, 0.2) is 0 Å². The molecule has 0 saturated carbocycles. The maximum absolute atomic E-state index is 12.8. The van der Waals surface area contributed by atoms with Crippen LogP contribution in [0.1, 0.15) is 32.4 Å². The maximum atomic E-state index is 12.8. The Hall–Kier alpha value is -1.76. The quantitative estimate of drug-likeness (QED) is 0.579. The van der Waals surface area contributed by atoms with Gasteiger partial charge in [-0.25, -0.2) is 9.59 Å². The Labute approximate surface area is 163 Å². The number of benzene rings is 1. The molecule has 6 nitrogen and oxygen atoms in total. The Balaban J connectivity index is 2.54. The van der Waals surface area contributed by atoms with E-state index >= 15 is 0 Å². The van der Waals surface area contributed by atoms with Crippen LogP contribution in [0.3, 0.4) is 0 Å². The van der Waals surface area contributed by atoms with Crippen molar-refractivity contribution in [3.8, 4) is 0 Å². The standard InChI is InChI=1S/C18H22Cl2N2O4/c1-10(2)22-11(3)14(17(23)26-9-8-25-4)16(21-18(22)24)15-12(19)6-5-7-13(15)20/h5-7,10,16H,8-9H2,1-4H3,(H,21,24)/t16-/m0/s1. The van der Waals surface area contributed by atoms with E-state index in [1.165, 1.54) is 12.0 Å². The minimum atomic E-state index is -0.797. The monoisotopic (exact) mass is 400 g/mol. The fraction of sp³-hybridized carbons (Fsp3) is 0.444. The van der Waals surface area contributed by atoms with Crippen molar-refractivity contribution < 1.29 is 19.1 Å². The van der Waals surface area contributed by atoms with Crippen molar-refractivity contribution in [3.05, 3.63) is 45.1 Å². The largest absolute Gasteiger partial charge is 0.460 e. The maximum Gasteiger partial charge on any atom is 0.338 e. The van der Waals surface area contributed by atoms with Crippen LogP contribution >= 0.6 is 23.2 Å². The summed E-state index contributed by atoms with van der Waals surface area (Å²) in [5, 5.41) is 3.54. The first-order valence-electron chi connectivity index (χ1n) is 8.20. The fourth-order valence-corrected chi connectivity index (χ4v) is 3.56. The van der Waals surface area contributed by atoms with Gasteiger partial charge in [0, 0.05) is 34.5 Å². The molecular weight excluding hydrogens is 379 g/mol. The first-order chi connectivity index (χ1) is 12.3. The SMILES string of the molecule is COCCOC(=O)C1=C(C)N(C(C)C)C(=O)N[C@@H]1c1c(Cl)cccc1Cl. The lowest BCUT2D eigenvalue weighted by Gasteiger charge is -2.38. The number of carbonyl (C=O) groups excluding carboxylic acids is 2. The summed E-state index contributed by atoms with van der Waals surface area (Å²) in [5.41, 5.74) is 1.27. The van der Waals surface area contributed by atoms with Crippen LogP contribution in [-0.2, 0) is 14.3 Å². The molecule has 0 aromatic heterocycles. The van der Waals surface area contributed by atoms with E-state index in [1.807, 2.05) is 13.8 Å². The van der Waals surface area contributed by atoms with Crippen molar-refractivity contribution in [2.75, 3.05) is 20.3 Å². The van der Waals surface area contributed by atoms with E-state index in [4.69, 9.17) is 32.7 Å². The normalized spacial score (nSPS) is 17.6. The Morgan fingerprint density at radius 3 is 2.42 bits per heavy atom. The molecule has 1 aromatic rings. The lowest BCUT2D eigenvalue weighted by molar-refractivity contribution is -0.140. The highest BCUT2D eigenvalue weighted by Gasteiger charge is 2.39. The minimum Gasteiger partial charge on any atom is -0.460 e. The molecule has 8 heteroatoms. The van der Waals surface area contributed by atoms with E-state index < -0.39 is 12.0 Å². The molecule has 1 aliphatic heterocycles. The number of nitrogens with zero attached hydrogens (tertiary/aromatic N) is 1. The summed E-state index contributed by atoms with van der Waals surface area (Å²) in [6.07, 6.45) is 0. The molecular formula is C18H22Cl2N2O4. The van der Waals surface area contributed by atoms with E-state index in [2.05, 4.69) is 5.32 Å². The molecule has 1 heterocycles. The number of urea groups is 1. The van der Waals surface area contributed by atoms with Crippen molar-refractivity contribution in [1.29, 1.82) is 0 Å². The van der Waals surface area contributed by atoms with Crippen LogP contribution in [0.2, 0.25) is 10.0 Å². The van der Waals surface area contributed by atoms with Gasteiger partial charge in [-0.15, -0.1) is 0 Å². The third-order valence-electron chi connectivity index (χ3n) is 4.07. The predicted octanol–water partition coefficient (Wildman–Crippen LogP) is 3.93. The summed E-state index contributed by atoms with van der Waals surface area (Å²) < 4.78 is 10.2. The lowest BCUT2D eigenvalue weighted by Crippen LogP contribution is -2.50. The molecule has 142 valence electrons. The smallest absolute Gasteiger partial charge is 0.338 e. The van der Waals surface area contributed by atoms with E-state index in [1.54, 1.807) is 25.1 Å². The molecule has 1 atom stereocenters. The van der Waals surface area contributed by atoms with E-state index in [0.29, 0.717) is 26.9 Å². The summed E-state index contributed by atoms with van der Waals surface area (Å²) in [4.78, 5) is 26.9. The zero-order valence-electron chi connectivity index (χ0n) is 15.1. The van der Waals surface area contributed by atoms with Gasteiger partial charge in [-0.05, 0) is 32.9 Å². The zero-order chi connectivity index (χ0) is 19.4. The van der Waals surface area contributed by atoms with Gasteiger partial charge in [0.1, 0.15) is 6.61 Å². The van der Waals surface area contributed by atoms with Gasteiger partial charge in [0.25, 0.3) is 0 Å². The van der Waals surface area contributed by atoms with Gasteiger partial charge in [-0.1, -0.05) is 29.3 Å². The number of esters is 1. The second-order valence-corrected chi connectivity index (χ2v) is 6.92. The number of hydrogen-bond donors (Lipinski definition) is 1. The van der Waals surface area contributed by atoms with Crippen LogP contribution in [0.5, 0.6) is 0 Å². The summed E-state index contributed by atoms with van der Waals surface area (Å²) in [7, 11) is 1.52. The highest BCUT2D eigenvalue weighted by Crippen LogP contribution is 2.38. The number of nitrogens with one attached hydrogen (secondary N) is 1. The topological polar surface area (TPSA) is 67.9 Å². The number of halogens is 2. The Morgan fingerprint density at radius 1 is 1.27 bits per heavy atom. The third kappa shape index (κ3) is 4.14. The summed E-state index contributed by atoms with van der Waals surface area (Å²) in [6, 6.07) is 3.76. The molecule has 0 radical (unpaired) electrons. The van der Waals surface area contributed by atoms with Crippen molar-refractivity contribution in [3.63, 3.8) is 0 Å². The number of methoxy groups -OCH3 is 1. The number of allylic oxidation sites excluding steroid dienone is 1. The second kappa shape index (κ2) is 8.75. The summed E-state index contributed by atoms with van der Waals surface area (Å²) >= 11 is 12.6. The Bertz CT molecular complexity index is 714. The molecule has 26 heavy (non-hydrogen) atoms. The molecule has 1 aliphatic rings. The van der Waals surface area contributed by atoms with Gasteiger partial charge in [0.05, 0.1) is 18.2 Å². The van der Waals surface area contributed by atoms with Crippen molar-refractivity contribution in [1.82, 2.24) is 10.2 Å². The van der Waals surface area contributed by atoms with Crippen LogP contribution in [-0.4, -0.2) is 43.3 Å². The van der Waals surface area contributed by atoms with E-state index in [9.17, 15) is 9.59 Å². The molecule has 0 aliphatic carbocycles. The summed E-state index contributed by atoms with van der Waals surface area (Å²) in [5.74, 6) is -0.550. The molecule has 1 aromatic carbocycles. The lowest BCUT2D eigenvalue weighted by atomic mass is 9.94. The molecule has 1 N–H and O–H groups in total. The van der Waals surface area contributed by atoms with E-state index in [-0.39, 0.29) is 25.3 Å². The van der Waals surface area contributed by atoms with Crippen LogP contribution in [0.4, 0.5) is 4.79 Å². The first kappa shape index (κ1) is 20.6. The average molecular weight is 401 g/mol. The minimum absolute atomic E-state index is 0.102. The molecule has 0 saturated heterocycles. The molecule has 0 unspecified atom stereocenters. The van der Waals surface area contributed by atoms with Crippen LogP contribution in [0, 0.1) is 0 Å². The third-order valence-corrected chi connectivity index (χ3v) is 4.73. The van der Waals surface area contributed by atoms with Gasteiger partial charge >= 0.3 is 12.0 Å². The summed E-state index contributed by atoms with van der Waals surface area (Å²) in [6.45, 7) is 5.81. The number of rotatable bonds is 6. The number of hydrogen-bond acceptors (Lipinski definition) is 4. The highest BCUT2D eigenvalue weighted by molar-refractivity contribution is 6.36. The van der Waals surface area contributed by atoms with Crippen molar-refractivity contribution >= 4 is 35.2 Å². The average Bonchev–Trinajstić information content (AvgIpc) is 2.54. The molecule has 0 spiro atoms. The zero-order valence-corrected chi connectivity index (χ0v) is 16.6. The van der Waals surface area contributed by atoms with Gasteiger partial charge in [0.2, 0.25) is 0 Å². The van der Waals surface area contributed by atoms with Crippen molar-refractivity contribution in [2.45, 2.75) is 32.9 Å². The molecule has 2 rings (SSSR count). The van der Waals surface area contributed by atoms with Crippen LogP contribution in [0.15, 0.2) is 29.5 Å². The first-order valence-corrected chi connectivity index (χ1v) is 8.95. The van der Waals surface area contributed by atoms with Gasteiger partial charge < -0.3 is 14.8 Å². The highest BCUT2D eigenvalue weighted by atomic mass is 35.5. The van der Waals surface area contributed by atoms with Gasteiger partial charge in [-0.2, -0.15) is 0 Å². The van der Waals surface area contributed by atoms with Crippen molar-refractivity contribution in [2.24, 2.45) is 0 Å². The van der Waals surface area contributed by atoms with E-state index in [0.717, 1.165) is 0 Å². The predicted molar refractivity (Wildman–Crippen MR) is 100 cm³/mol. The number of ether oxygens (including phenoxy) is 2. The molecule has 2 amide bonds. The Kier molecular flexibility index (Phi) is 6.92. The second-order valence-electron chi connectivity index (χ2n) is 6.11. The molecule has 0 bridgehead atoms. The Morgan fingerprint density at radius 2 is 1.88 bits per heavy atom. The fourth-order valence-electron chi connectivity index (χ4n) is 2.94. The molecule has 0 fully saturated rings. The number of carbonyl (C=O) groups is 2. The number of amides is 2. The van der Waals surface area contributed by atoms with Crippen LogP contribution < -0.4 is 5.32 Å². The van der Waals surface area contributed by atoms with Gasteiger partial charge in [-0.3, -0.25) is 4.90 Å². The van der Waals surface area contributed by atoms with Crippen LogP contribution in [0.25, 0.3) is 0 Å².